The Balaban J connectivity index is 1.73. The highest BCUT2D eigenvalue weighted by Gasteiger charge is 2.46. The third kappa shape index (κ3) is 4.35. The molecule has 0 radical (unpaired) electrons. The first-order chi connectivity index (χ1) is 10.3. The molecule has 2 aliphatic rings. The lowest BCUT2D eigenvalue weighted by Gasteiger charge is -2.36. The monoisotopic (exact) mass is 309 g/mol. The van der Waals surface area contributed by atoms with Crippen LogP contribution in [0, 0.1) is 5.41 Å². The Morgan fingerprint density at radius 3 is 2.32 bits per heavy atom. The van der Waals surface area contributed by atoms with Gasteiger partial charge in [0.15, 0.2) is 5.96 Å². The van der Waals surface area contributed by atoms with Gasteiger partial charge in [0.1, 0.15) is 0 Å². The summed E-state index contributed by atoms with van der Waals surface area (Å²) in [5.74, 6) is 1.23. The highest BCUT2D eigenvalue weighted by atomic mass is 16.2. The predicted molar refractivity (Wildman–Crippen MR) is 90.0 cm³/mol. The summed E-state index contributed by atoms with van der Waals surface area (Å²) in [7, 11) is 5.49. The summed E-state index contributed by atoms with van der Waals surface area (Å²) in [6.45, 7) is 9.37. The van der Waals surface area contributed by atoms with Crippen molar-refractivity contribution in [1.29, 1.82) is 0 Å². The molecule has 0 aromatic rings. The van der Waals surface area contributed by atoms with Crippen molar-refractivity contribution in [3.05, 3.63) is 0 Å². The molecule has 22 heavy (non-hydrogen) atoms. The van der Waals surface area contributed by atoms with Crippen LogP contribution in [0.5, 0.6) is 0 Å². The molecule has 6 heteroatoms. The van der Waals surface area contributed by atoms with Crippen LogP contribution in [-0.4, -0.2) is 86.5 Å². The molecule has 0 bridgehead atoms. The van der Waals surface area contributed by atoms with E-state index >= 15 is 0 Å². The van der Waals surface area contributed by atoms with Gasteiger partial charge in [-0.15, -0.1) is 0 Å². The molecule has 1 atom stereocenters. The number of piperazine rings is 1. The first-order valence-electron chi connectivity index (χ1n) is 8.24. The smallest absolute Gasteiger partial charge is 0.223 e. The lowest BCUT2D eigenvalue weighted by atomic mass is 10.2. The molecule has 2 rings (SSSR count). The molecule has 1 saturated heterocycles. The number of hydrogen-bond acceptors (Lipinski definition) is 3. The maximum Gasteiger partial charge on any atom is 0.223 e. The Kier molecular flexibility index (Phi) is 5.32. The van der Waals surface area contributed by atoms with Gasteiger partial charge in [-0.3, -0.25) is 14.7 Å². The van der Waals surface area contributed by atoms with E-state index in [4.69, 9.17) is 0 Å². The van der Waals surface area contributed by atoms with Crippen LogP contribution in [0.1, 0.15) is 26.7 Å². The van der Waals surface area contributed by atoms with Crippen LogP contribution in [-0.2, 0) is 4.79 Å². The van der Waals surface area contributed by atoms with Gasteiger partial charge in [0, 0.05) is 66.3 Å². The fourth-order valence-corrected chi connectivity index (χ4v) is 2.83. The van der Waals surface area contributed by atoms with E-state index in [1.54, 1.807) is 4.90 Å². The largest absolute Gasteiger partial charge is 0.353 e. The summed E-state index contributed by atoms with van der Waals surface area (Å²) >= 11 is 0. The quantitative estimate of drug-likeness (QED) is 0.605. The second kappa shape index (κ2) is 6.86. The molecule has 1 N–H and O–H groups in total. The lowest BCUT2D eigenvalue weighted by Crippen LogP contribution is -2.53. The van der Waals surface area contributed by atoms with Gasteiger partial charge in [-0.1, -0.05) is 13.8 Å². The fraction of sp³-hybridized carbons (Fsp3) is 0.875. The number of guanidine groups is 1. The number of nitrogens with zero attached hydrogens (tertiary/aromatic N) is 4. The zero-order valence-corrected chi connectivity index (χ0v) is 14.7. The summed E-state index contributed by atoms with van der Waals surface area (Å²) in [5, 5.41) is 3.58. The molecule has 1 saturated carbocycles. The van der Waals surface area contributed by atoms with E-state index in [1.807, 2.05) is 21.1 Å². The molecular weight excluding hydrogens is 278 g/mol. The van der Waals surface area contributed by atoms with E-state index in [9.17, 15) is 4.79 Å². The Labute approximate surface area is 134 Å². The van der Waals surface area contributed by atoms with Gasteiger partial charge in [-0.2, -0.15) is 0 Å². The Morgan fingerprint density at radius 1 is 1.27 bits per heavy atom. The molecular formula is C16H31N5O. The van der Waals surface area contributed by atoms with Crippen molar-refractivity contribution < 1.29 is 4.79 Å². The molecule has 2 fully saturated rings. The van der Waals surface area contributed by atoms with Crippen molar-refractivity contribution in [3.8, 4) is 0 Å². The van der Waals surface area contributed by atoms with Gasteiger partial charge < -0.3 is 15.1 Å². The van der Waals surface area contributed by atoms with E-state index < -0.39 is 0 Å². The van der Waals surface area contributed by atoms with Crippen molar-refractivity contribution in [2.75, 3.05) is 53.9 Å². The summed E-state index contributed by atoms with van der Waals surface area (Å²) in [6.07, 6.45) is 1.83. The molecule has 6 nitrogen and oxygen atoms in total. The summed E-state index contributed by atoms with van der Waals surface area (Å²) in [5.41, 5.74) is 0.407. The van der Waals surface area contributed by atoms with Crippen molar-refractivity contribution in [1.82, 2.24) is 20.0 Å². The van der Waals surface area contributed by atoms with Crippen LogP contribution in [0.25, 0.3) is 0 Å². The summed E-state index contributed by atoms with van der Waals surface area (Å²) in [6, 6.07) is 0.557. The second-order valence-electron chi connectivity index (χ2n) is 7.30. The molecule has 0 aromatic heterocycles. The maximum absolute atomic E-state index is 11.7. The van der Waals surface area contributed by atoms with Crippen LogP contribution in [0.2, 0.25) is 0 Å². The number of aliphatic imine (C=N–C) groups is 1. The number of rotatable bonds is 4. The zero-order valence-electron chi connectivity index (χ0n) is 14.7. The van der Waals surface area contributed by atoms with E-state index in [2.05, 4.69) is 34.0 Å². The molecule has 1 aliphatic carbocycles. The maximum atomic E-state index is 11.7. The molecule has 1 aliphatic heterocycles. The average molecular weight is 309 g/mol. The standard InChI is InChI=1S/C16H31N5O/c1-16(2)12-13(16)18-15(17-3)21-10-8-20(9-11-21)7-6-14(22)19(4)5/h13H,6-12H2,1-5H3,(H,17,18). The Morgan fingerprint density at radius 2 is 1.86 bits per heavy atom. The third-order valence-corrected chi connectivity index (χ3v) is 4.84. The first-order valence-corrected chi connectivity index (χ1v) is 8.24. The number of nitrogens with one attached hydrogen (secondary N) is 1. The highest BCUT2D eigenvalue weighted by Crippen LogP contribution is 2.44. The first kappa shape index (κ1) is 17.1. The van der Waals surface area contributed by atoms with Gasteiger partial charge in [-0.05, 0) is 11.8 Å². The average Bonchev–Trinajstić information content (AvgIpc) is 3.09. The molecule has 126 valence electrons. The normalized spacial score (nSPS) is 25.0. The topological polar surface area (TPSA) is 51.2 Å². The van der Waals surface area contributed by atoms with Crippen LogP contribution < -0.4 is 5.32 Å². The number of carbonyl (C=O) groups is 1. The molecule has 0 spiro atoms. The molecule has 1 unspecified atom stereocenters. The van der Waals surface area contributed by atoms with Crippen LogP contribution >= 0.6 is 0 Å². The number of hydrogen-bond donors (Lipinski definition) is 1. The van der Waals surface area contributed by atoms with Gasteiger partial charge in [0.2, 0.25) is 5.91 Å². The van der Waals surface area contributed by atoms with E-state index in [-0.39, 0.29) is 5.91 Å². The highest BCUT2D eigenvalue weighted by molar-refractivity contribution is 5.80. The van der Waals surface area contributed by atoms with Gasteiger partial charge in [0.05, 0.1) is 0 Å². The van der Waals surface area contributed by atoms with Crippen LogP contribution in [0.3, 0.4) is 0 Å². The zero-order chi connectivity index (χ0) is 16.3. The van der Waals surface area contributed by atoms with Gasteiger partial charge in [0.25, 0.3) is 0 Å². The summed E-state index contributed by atoms with van der Waals surface area (Å²) in [4.78, 5) is 22.5. The SMILES string of the molecule is CN=C(NC1CC1(C)C)N1CCN(CCC(=O)N(C)C)CC1. The van der Waals surface area contributed by atoms with Crippen LogP contribution in [0.15, 0.2) is 4.99 Å². The lowest BCUT2D eigenvalue weighted by molar-refractivity contribution is -0.129. The van der Waals surface area contributed by atoms with Crippen LogP contribution in [0.4, 0.5) is 0 Å². The van der Waals surface area contributed by atoms with E-state index in [0.29, 0.717) is 17.9 Å². The minimum absolute atomic E-state index is 0.205. The third-order valence-electron chi connectivity index (χ3n) is 4.84. The second-order valence-corrected chi connectivity index (χ2v) is 7.30. The van der Waals surface area contributed by atoms with Crippen molar-refractivity contribution in [2.24, 2.45) is 10.4 Å². The number of amides is 1. The summed E-state index contributed by atoms with van der Waals surface area (Å²) < 4.78 is 0. The van der Waals surface area contributed by atoms with Crippen molar-refractivity contribution in [2.45, 2.75) is 32.7 Å². The minimum atomic E-state index is 0.205. The van der Waals surface area contributed by atoms with E-state index in [1.165, 1.54) is 6.42 Å². The minimum Gasteiger partial charge on any atom is -0.353 e. The van der Waals surface area contributed by atoms with Gasteiger partial charge >= 0.3 is 0 Å². The Hall–Kier alpha value is -1.30. The van der Waals surface area contributed by atoms with Gasteiger partial charge in [-0.25, -0.2) is 0 Å². The van der Waals surface area contributed by atoms with E-state index in [0.717, 1.165) is 38.7 Å². The fourth-order valence-electron chi connectivity index (χ4n) is 2.83. The van der Waals surface area contributed by atoms with Crippen molar-refractivity contribution in [3.63, 3.8) is 0 Å². The van der Waals surface area contributed by atoms with Crippen molar-refractivity contribution >= 4 is 11.9 Å². The number of carbonyl (C=O) groups excluding carboxylic acids is 1. The molecule has 1 amide bonds. The molecule has 0 aromatic carbocycles. The predicted octanol–water partition coefficient (Wildman–Crippen LogP) is 0.456. The Bertz CT molecular complexity index is 424. The molecule has 1 heterocycles.